The molecule has 5 nitrogen and oxygen atoms in total. The SMILES string of the molecule is O=C(C[NH+]1CCC[C@@H]2CCCC[C@@H]21)Nc1ccc2c(c1)OCO2. The highest BCUT2D eigenvalue weighted by molar-refractivity contribution is 5.91. The molecule has 1 unspecified atom stereocenters. The fourth-order valence-electron chi connectivity index (χ4n) is 4.47. The first-order valence-electron chi connectivity index (χ1n) is 8.84. The fourth-order valence-corrected chi connectivity index (χ4v) is 4.47. The van der Waals surface area contributed by atoms with Crippen molar-refractivity contribution < 1.29 is 19.2 Å². The molecule has 4 rings (SSSR count). The Morgan fingerprint density at radius 2 is 1.96 bits per heavy atom. The van der Waals surface area contributed by atoms with E-state index in [1.54, 1.807) is 0 Å². The Morgan fingerprint density at radius 1 is 1.13 bits per heavy atom. The molecule has 1 amide bonds. The molecule has 0 radical (unpaired) electrons. The van der Waals surface area contributed by atoms with Gasteiger partial charge in [-0.25, -0.2) is 0 Å². The third kappa shape index (κ3) is 3.15. The lowest BCUT2D eigenvalue weighted by Gasteiger charge is -2.40. The van der Waals surface area contributed by atoms with Crippen LogP contribution in [0.5, 0.6) is 11.5 Å². The van der Waals surface area contributed by atoms with Crippen molar-refractivity contribution in [3.63, 3.8) is 0 Å². The van der Waals surface area contributed by atoms with E-state index in [-0.39, 0.29) is 12.7 Å². The van der Waals surface area contributed by atoms with E-state index in [2.05, 4.69) is 5.32 Å². The summed E-state index contributed by atoms with van der Waals surface area (Å²) in [5, 5.41) is 3.02. The van der Waals surface area contributed by atoms with Crippen molar-refractivity contribution in [2.24, 2.45) is 5.92 Å². The number of hydrogen-bond donors (Lipinski definition) is 2. The van der Waals surface area contributed by atoms with Crippen molar-refractivity contribution in [2.45, 2.75) is 44.6 Å². The number of amides is 1. The normalized spacial score (nSPS) is 29.0. The highest BCUT2D eigenvalue weighted by Crippen LogP contribution is 2.34. The average molecular weight is 317 g/mol. The zero-order valence-electron chi connectivity index (χ0n) is 13.5. The molecular formula is C18H25N2O3+. The number of anilines is 1. The maximum atomic E-state index is 12.5. The molecule has 1 saturated heterocycles. The van der Waals surface area contributed by atoms with Gasteiger partial charge in [-0.15, -0.1) is 0 Å². The third-order valence-electron chi connectivity index (χ3n) is 5.55. The van der Waals surface area contributed by atoms with E-state index in [0.717, 1.165) is 23.9 Å². The second-order valence-electron chi connectivity index (χ2n) is 6.99. The highest BCUT2D eigenvalue weighted by Gasteiger charge is 2.37. The zero-order valence-corrected chi connectivity index (χ0v) is 13.5. The van der Waals surface area contributed by atoms with Crippen LogP contribution in [0.15, 0.2) is 18.2 Å². The number of rotatable bonds is 3. The molecule has 2 aliphatic heterocycles. The standard InChI is InChI=1S/C18H24N2O3/c21-18(19-14-7-8-16-17(10-14)23-12-22-16)11-20-9-3-5-13-4-1-2-6-15(13)20/h7-8,10,13,15H,1-6,9,11-12H2,(H,19,21)/p+1/t13-,15-/m0/s1. The van der Waals surface area contributed by atoms with Gasteiger partial charge in [0.1, 0.15) is 0 Å². The molecule has 124 valence electrons. The molecule has 1 aromatic rings. The van der Waals surface area contributed by atoms with Crippen LogP contribution in [0.3, 0.4) is 0 Å². The Hall–Kier alpha value is -1.75. The summed E-state index contributed by atoms with van der Waals surface area (Å²) in [6.07, 6.45) is 7.97. The summed E-state index contributed by atoms with van der Waals surface area (Å²) < 4.78 is 10.7. The minimum atomic E-state index is 0.102. The van der Waals surface area contributed by atoms with Crippen LogP contribution in [-0.2, 0) is 4.79 Å². The summed E-state index contributed by atoms with van der Waals surface area (Å²) in [6.45, 7) is 1.97. The van der Waals surface area contributed by atoms with Gasteiger partial charge in [0, 0.05) is 17.7 Å². The molecule has 2 heterocycles. The van der Waals surface area contributed by atoms with Crippen LogP contribution in [-0.4, -0.2) is 31.8 Å². The zero-order chi connectivity index (χ0) is 15.6. The number of quaternary nitrogens is 1. The Bertz CT molecular complexity index is 588. The van der Waals surface area contributed by atoms with Crippen LogP contribution in [0, 0.1) is 5.92 Å². The van der Waals surface area contributed by atoms with E-state index in [4.69, 9.17) is 9.47 Å². The van der Waals surface area contributed by atoms with Crippen molar-refractivity contribution >= 4 is 11.6 Å². The summed E-state index contributed by atoms with van der Waals surface area (Å²) in [6, 6.07) is 6.26. The molecule has 23 heavy (non-hydrogen) atoms. The fraction of sp³-hybridized carbons (Fsp3) is 0.611. The number of likely N-dealkylation sites (tertiary alicyclic amines) is 1. The van der Waals surface area contributed by atoms with Crippen LogP contribution in [0.4, 0.5) is 5.69 Å². The second-order valence-corrected chi connectivity index (χ2v) is 6.99. The van der Waals surface area contributed by atoms with Gasteiger partial charge in [0.05, 0.1) is 12.6 Å². The molecule has 5 heteroatoms. The summed E-state index contributed by atoms with van der Waals surface area (Å²) in [5.41, 5.74) is 0.788. The summed E-state index contributed by atoms with van der Waals surface area (Å²) >= 11 is 0. The Morgan fingerprint density at radius 3 is 2.91 bits per heavy atom. The number of carbonyl (C=O) groups excluding carboxylic acids is 1. The molecular weight excluding hydrogens is 292 g/mol. The molecule has 3 atom stereocenters. The van der Waals surface area contributed by atoms with Gasteiger partial charge in [-0.1, -0.05) is 6.42 Å². The van der Waals surface area contributed by atoms with Crippen molar-refractivity contribution in [2.75, 3.05) is 25.2 Å². The van der Waals surface area contributed by atoms with Gasteiger partial charge in [0.15, 0.2) is 18.0 Å². The number of nitrogens with one attached hydrogen (secondary N) is 2. The van der Waals surface area contributed by atoms with E-state index < -0.39 is 0 Å². The van der Waals surface area contributed by atoms with Gasteiger partial charge in [-0.05, 0) is 44.2 Å². The molecule has 2 fully saturated rings. The number of benzene rings is 1. The molecule has 1 aromatic carbocycles. The van der Waals surface area contributed by atoms with Crippen molar-refractivity contribution in [3.8, 4) is 11.5 Å². The summed E-state index contributed by atoms with van der Waals surface area (Å²) in [7, 11) is 0. The maximum absolute atomic E-state index is 12.5. The van der Waals surface area contributed by atoms with Crippen molar-refractivity contribution in [1.82, 2.24) is 0 Å². The number of hydrogen-bond acceptors (Lipinski definition) is 3. The lowest BCUT2D eigenvalue weighted by Crippen LogP contribution is -3.18. The van der Waals surface area contributed by atoms with Crippen molar-refractivity contribution in [3.05, 3.63) is 18.2 Å². The van der Waals surface area contributed by atoms with Crippen LogP contribution < -0.4 is 19.7 Å². The van der Waals surface area contributed by atoms with Crippen LogP contribution in [0.2, 0.25) is 0 Å². The highest BCUT2D eigenvalue weighted by atomic mass is 16.7. The smallest absolute Gasteiger partial charge is 0.279 e. The second kappa shape index (κ2) is 6.40. The monoisotopic (exact) mass is 317 g/mol. The van der Waals surface area contributed by atoms with Crippen LogP contribution in [0.1, 0.15) is 38.5 Å². The molecule has 1 saturated carbocycles. The summed E-state index contributed by atoms with van der Waals surface area (Å²) in [5.74, 6) is 2.39. The van der Waals surface area contributed by atoms with Gasteiger partial charge in [0.25, 0.3) is 5.91 Å². The van der Waals surface area contributed by atoms with Crippen LogP contribution >= 0.6 is 0 Å². The van der Waals surface area contributed by atoms with Gasteiger partial charge < -0.3 is 19.7 Å². The lowest BCUT2D eigenvalue weighted by atomic mass is 9.78. The lowest BCUT2D eigenvalue weighted by molar-refractivity contribution is -0.928. The number of carbonyl (C=O) groups is 1. The van der Waals surface area contributed by atoms with Gasteiger partial charge >= 0.3 is 0 Å². The van der Waals surface area contributed by atoms with Crippen molar-refractivity contribution in [1.29, 1.82) is 0 Å². The first kappa shape index (κ1) is 14.8. The van der Waals surface area contributed by atoms with E-state index >= 15 is 0 Å². The van der Waals surface area contributed by atoms with E-state index in [9.17, 15) is 4.79 Å². The number of ether oxygens (including phenoxy) is 2. The topological polar surface area (TPSA) is 52.0 Å². The Balaban J connectivity index is 1.37. The quantitative estimate of drug-likeness (QED) is 0.890. The minimum Gasteiger partial charge on any atom is -0.454 e. The maximum Gasteiger partial charge on any atom is 0.279 e. The van der Waals surface area contributed by atoms with Gasteiger partial charge in [0.2, 0.25) is 6.79 Å². The van der Waals surface area contributed by atoms with E-state index in [0.29, 0.717) is 18.3 Å². The molecule has 0 bridgehead atoms. The van der Waals surface area contributed by atoms with E-state index in [1.807, 2.05) is 18.2 Å². The molecule has 0 aromatic heterocycles. The van der Waals surface area contributed by atoms with Crippen LogP contribution in [0.25, 0.3) is 0 Å². The Kier molecular flexibility index (Phi) is 4.12. The third-order valence-corrected chi connectivity index (χ3v) is 5.55. The van der Waals surface area contributed by atoms with Gasteiger partial charge in [-0.3, -0.25) is 4.79 Å². The first-order chi connectivity index (χ1) is 11.3. The number of piperidine rings is 1. The largest absolute Gasteiger partial charge is 0.454 e. The number of fused-ring (bicyclic) bond motifs is 2. The predicted molar refractivity (Wildman–Crippen MR) is 86.9 cm³/mol. The summed E-state index contributed by atoms with van der Waals surface area (Å²) in [4.78, 5) is 13.9. The first-order valence-corrected chi connectivity index (χ1v) is 8.84. The molecule has 0 spiro atoms. The average Bonchev–Trinajstić information content (AvgIpc) is 3.03. The predicted octanol–water partition coefficient (Wildman–Crippen LogP) is 1.59. The van der Waals surface area contributed by atoms with Gasteiger partial charge in [-0.2, -0.15) is 0 Å². The van der Waals surface area contributed by atoms with E-state index in [1.165, 1.54) is 43.4 Å². The molecule has 2 N–H and O–H groups in total. The molecule has 3 aliphatic rings. The molecule has 1 aliphatic carbocycles. The minimum absolute atomic E-state index is 0.102. The Labute approximate surface area is 136 Å².